The van der Waals surface area contributed by atoms with Gasteiger partial charge in [-0.15, -0.1) is 0 Å². The van der Waals surface area contributed by atoms with Crippen LogP contribution >= 0.6 is 0 Å². The Morgan fingerprint density at radius 2 is 1.88 bits per heavy atom. The van der Waals surface area contributed by atoms with Gasteiger partial charge in [-0.05, 0) is 43.7 Å². The molecule has 10 heteroatoms. The molecule has 0 atom stereocenters. The van der Waals surface area contributed by atoms with Gasteiger partial charge in [0.05, 0.1) is 12.2 Å². The fourth-order valence-corrected chi connectivity index (χ4v) is 4.64. The van der Waals surface area contributed by atoms with Gasteiger partial charge in [0.2, 0.25) is 16.0 Å². The van der Waals surface area contributed by atoms with E-state index in [0.29, 0.717) is 24.8 Å². The molecule has 1 aromatic heterocycles. The normalized spacial score (nSPS) is 11.5. The maximum absolute atomic E-state index is 12.4. The van der Waals surface area contributed by atoms with Crippen LogP contribution in [0, 0.1) is 6.92 Å². The van der Waals surface area contributed by atoms with E-state index in [-0.39, 0.29) is 24.7 Å². The van der Waals surface area contributed by atoms with E-state index in [4.69, 9.17) is 10.8 Å². The fraction of sp³-hybridized carbons (Fsp3) is 0.522. The fourth-order valence-electron chi connectivity index (χ4n) is 3.53. The van der Waals surface area contributed by atoms with Gasteiger partial charge < -0.3 is 16.2 Å². The number of unbranched alkanes of at least 4 members (excludes halogenated alkanes) is 3. The van der Waals surface area contributed by atoms with Crippen LogP contribution in [0.25, 0.3) is 0 Å². The van der Waals surface area contributed by atoms with Crippen molar-refractivity contribution >= 4 is 27.8 Å². The molecule has 33 heavy (non-hydrogen) atoms. The van der Waals surface area contributed by atoms with Crippen molar-refractivity contribution in [2.75, 3.05) is 23.3 Å². The summed E-state index contributed by atoms with van der Waals surface area (Å²) in [4.78, 5) is 19.4. The van der Waals surface area contributed by atoms with Crippen LogP contribution in [0.4, 0.5) is 11.8 Å². The maximum Gasteiger partial charge on any atom is 0.307 e. The molecule has 0 aliphatic rings. The highest BCUT2D eigenvalue weighted by Crippen LogP contribution is 2.20. The van der Waals surface area contributed by atoms with E-state index in [1.54, 1.807) is 24.3 Å². The number of aryl methyl sites for hydroxylation is 1. The van der Waals surface area contributed by atoms with Crippen molar-refractivity contribution in [2.45, 2.75) is 65.3 Å². The van der Waals surface area contributed by atoms with Crippen LogP contribution in [0.1, 0.15) is 61.4 Å². The Morgan fingerprint density at radius 3 is 2.61 bits per heavy atom. The van der Waals surface area contributed by atoms with Crippen LogP contribution < -0.4 is 15.8 Å². The number of hydrogen-bond donors (Lipinski definition) is 4. The molecule has 0 bridgehead atoms. The number of carbonyl (C=O) groups is 1. The molecule has 0 amide bonds. The summed E-state index contributed by atoms with van der Waals surface area (Å²) >= 11 is 0. The highest BCUT2D eigenvalue weighted by atomic mass is 32.2. The summed E-state index contributed by atoms with van der Waals surface area (Å²) in [6, 6.07) is 6.91. The Morgan fingerprint density at radius 1 is 1.12 bits per heavy atom. The predicted molar refractivity (Wildman–Crippen MR) is 131 cm³/mol. The zero-order valence-electron chi connectivity index (χ0n) is 19.4. The quantitative estimate of drug-likeness (QED) is 0.286. The first-order chi connectivity index (χ1) is 15.7. The summed E-state index contributed by atoms with van der Waals surface area (Å²) in [6.07, 6.45) is 5.05. The highest BCUT2D eigenvalue weighted by molar-refractivity contribution is 7.89. The van der Waals surface area contributed by atoms with Crippen LogP contribution in [-0.4, -0.2) is 41.8 Å². The van der Waals surface area contributed by atoms with Gasteiger partial charge in [-0.3, -0.25) is 4.79 Å². The molecule has 2 aromatic rings. The van der Waals surface area contributed by atoms with E-state index in [1.165, 1.54) is 0 Å². The van der Waals surface area contributed by atoms with E-state index < -0.39 is 16.0 Å². The lowest BCUT2D eigenvalue weighted by Gasteiger charge is -2.14. The summed E-state index contributed by atoms with van der Waals surface area (Å²) in [6.45, 7) is 4.98. The first kappa shape index (κ1) is 26.5. The van der Waals surface area contributed by atoms with Crippen LogP contribution in [-0.2, 0) is 34.2 Å². The summed E-state index contributed by atoms with van der Waals surface area (Å²) in [5.74, 6) is 0.0521. The van der Waals surface area contributed by atoms with Crippen LogP contribution in [0.2, 0.25) is 0 Å². The molecule has 0 unspecified atom stereocenters. The number of carboxylic acid groups (broad SMARTS) is 1. The molecule has 2 rings (SSSR count). The number of aliphatic carboxylic acids is 1. The molecule has 0 spiro atoms. The molecule has 1 aromatic carbocycles. The lowest BCUT2D eigenvalue weighted by molar-refractivity contribution is -0.136. The molecule has 0 aliphatic carbocycles. The molecule has 0 saturated heterocycles. The number of sulfonamides is 1. The maximum atomic E-state index is 12.4. The smallest absolute Gasteiger partial charge is 0.307 e. The highest BCUT2D eigenvalue weighted by Gasteiger charge is 2.13. The van der Waals surface area contributed by atoms with Gasteiger partial charge in [0.1, 0.15) is 5.82 Å². The standard InChI is InChI=1S/C23H35N5O4S/c1-3-4-6-12-25-22-20(17(2)27-23(24)28-22)11-5-7-13-33(31,32)26-16-19-10-8-9-18(14-19)15-21(29)30/h8-10,14,26H,3-7,11-13,15-16H2,1-2H3,(H,29,30)(H3,24,25,27,28). The van der Waals surface area contributed by atoms with Crippen molar-refractivity contribution in [3.05, 3.63) is 46.6 Å². The monoisotopic (exact) mass is 477 g/mol. The number of nitrogens with two attached hydrogens (primary N) is 1. The number of hydrogen-bond acceptors (Lipinski definition) is 7. The molecule has 9 nitrogen and oxygen atoms in total. The van der Waals surface area contributed by atoms with E-state index >= 15 is 0 Å². The largest absolute Gasteiger partial charge is 0.481 e. The zero-order chi connectivity index (χ0) is 24.3. The predicted octanol–water partition coefficient (Wildman–Crippen LogP) is 3.04. The third-order valence-electron chi connectivity index (χ3n) is 5.24. The van der Waals surface area contributed by atoms with Crippen molar-refractivity contribution in [3.63, 3.8) is 0 Å². The number of nitrogen functional groups attached to an aromatic ring is 1. The number of nitrogens with one attached hydrogen (secondary N) is 2. The molecule has 5 N–H and O–H groups in total. The summed E-state index contributed by atoms with van der Waals surface area (Å²) in [7, 11) is -3.45. The lowest BCUT2D eigenvalue weighted by Crippen LogP contribution is -2.26. The number of benzene rings is 1. The first-order valence-corrected chi connectivity index (χ1v) is 13.0. The second kappa shape index (κ2) is 13.1. The SMILES string of the molecule is CCCCCNc1nc(N)nc(C)c1CCCCS(=O)(=O)NCc1cccc(CC(=O)O)c1. The van der Waals surface area contributed by atoms with Crippen LogP contribution in [0.3, 0.4) is 0 Å². The van der Waals surface area contributed by atoms with Crippen molar-refractivity contribution in [3.8, 4) is 0 Å². The number of nitrogens with zero attached hydrogens (tertiary/aromatic N) is 2. The molecule has 0 radical (unpaired) electrons. The molecule has 0 saturated carbocycles. The minimum absolute atomic E-state index is 0.00988. The molecular formula is C23H35N5O4S. The van der Waals surface area contributed by atoms with Gasteiger partial charge in [0, 0.05) is 24.3 Å². The average molecular weight is 478 g/mol. The van der Waals surface area contributed by atoms with E-state index in [9.17, 15) is 13.2 Å². The number of carboxylic acids is 1. The second-order valence-corrected chi connectivity index (χ2v) is 10.0. The Balaban J connectivity index is 1.85. The van der Waals surface area contributed by atoms with E-state index in [0.717, 1.165) is 48.4 Å². The van der Waals surface area contributed by atoms with Gasteiger partial charge >= 0.3 is 5.97 Å². The van der Waals surface area contributed by atoms with E-state index in [2.05, 4.69) is 26.9 Å². The van der Waals surface area contributed by atoms with Gasteiger partial charge in [-0.25, -0.2) is 18.1 Å². The van der Waals surface area contributed by atoms with E-state index in [1.807, 2.05) is 6.92 Å². The van der Waals surface area contributed by atoms with Crippen molar-refractivity contribution < 1.29 is 18.3 Å². The minimum atomic E-state index is -3.45. The topological polar surface area (TPSA) is 147 Å². The number of aromatic nitrogens is 2. The van der Waals surface area contributed by atoms with Crippen LogP contribution in [0.5, 0.6) is 0 Å². The summed E-state index contributed by atoms with van der Waals surface area (Å²) in [5.41, 5.74) is 8.95. The van der Waals surface area contributed by atoms with Crippen molar-refractivity contribution in [1.29, 1.82) is 0 Å². The Hall–Kier alpha value is -2.72. The first-order valence-electron chi connectivity index (χ1n) is 11.3. The van der Waals surface area contributed by atoms with Gasteiger partial charge in [-0.1, -0.05) is 44.0 Å². The lowest BCUT2D eigenvalue weighted by atomic mass is 10.1. The summed E-state index contributed by atoms with van der Waals surface area (Å²) in [5, 5.41) is 12.2. The second-order valence-electron chi connectivity index (χ2n) is 8.12. The van der Waals surface area contributed by atoms with Crippen molar-refractivity contribution in [1.82, 2.24) is 14.7 Å². The molecule has 1 heterocycles. The average Bonchev–Trinajstić information content (AvgIpc) is 2.74. The Kier molecular flexibility index (Phi) is 10.5. The third-order valence-corrected chi connectivity index (χ3v) is 6.65. The number of rotatable bonds is 15. The molecule has 0 fully saturated rings. The number of anilines is 2. The van der Waals surface area contributed by atoms with Gasteiger partial charge in [0.15, 0.2) is 0 Å². The third kappa shape index (κ3) is 9.75. The van der Waals surface area contributed by atoms with Gasteiger partial charge in [0.25, 0.3) is 0 Å². The molecular weight excluding hydrogens is 442 g/mol. The van der Waals surface area contributed by atoms with Crippen molar-refractivity contribution in [2.24, 2.45) is 0 Å². The minimum Gasteiger partial charge on any atom is -0.481 e. The van der Waals surface area contributed by atoms with Crippen LogP contribution in [0.15, 0.2) is 24.3 Å². The molecule has 182 valence electrons. The van der Waals surface area contributed by atoms with Gasteiger partial charge in [-0.2, -0.15) is 4.98 Å². The molecule has 0 aliphatic heterocycles. The zero-order valence-corrected chi connectivity index (χ0v) is 20.2. The summed E-state index contributed by atoms with van der Waals surface area (Å²) < 4.78 is 27.4. The Labute approximate surface area is 196 Å². The Bertz CT molecular complexity index is 1030.